The molecule has 2 N–H and O–H groups in total. The Labute approximate surface area is 132 Å². The zero-order valence-electron chi connectivity index (χ0n) is 12.1. The minimum atomic E-state index is 0. The second-order valence-electron chi connectivity index (χ2n) is 5.78. The SMILES string of the molecule is Cl.O=C(CC1CCNCC1)NC1COc2ccccc2C1. The topological polar surface area (TPSA) is 50.4 Å². The van der Waals surface area contributed by atoms with Gasteiger partial charge in [0.15, 0.2) is 0 Å². The molecule has 2 aliphatic rings. The molecule has 0 radical (unpaired) electrons. The van der Waals surface area contributed by atoms with E-state index in [4.69, 9.17) is 4.74 Å². The maximum Gasteiger partial charge on any atom is 0.220 e. The summed E-state index contributed by atoms with van der Waals surface area (Å²) in [5, 5.41) is 6.45. The number of fused-ring (bicyclic) bond motifs is 1. The maximum atomic E-state index is 12.1. The van der Waals surface area contributed by atoms with E-state index in [9.17, 15) is 4.79 Å². The number of para-hydroxylation sites is 1. The molecule has 4 nitrogen and oxygen atoms in total. The quantitative estimate of drug-likeness (QED) is 0.897. The molecule has 21 heavy (non-hydrogen) atoms. The molecule has 1 amide bonds. The third-order valence-electron chi connectivity index (χ3n) is 4.18. The highest BCUT2D eigenvalue weighted by Gasteiger charge is 2.23. The normalized spacial score (nSPS) is 21.6. The average molecular weight is 311 g/mol. The predicted molar refractivity (Wildman–Crippen MR) is 85.0 cm³/mol. The number of hydrogen-bond acceptors (Lipinski definition) is 3. The van der Waals surface area contributed by atoms with Crippen molar-refractivity contribution in [2.24, 2.45) is 5.92 Å². The van der Waals surface area contributed by atoms with Crippen molar-refractivity contribution in [3.63, 3.8) is 0 Å². The molecule has 0 bridgehead atoms. The predicted octanol–water partition coefficient (Wildman–Crippen LogP) is 1.92. The van der Waals surface area contributed by atoms with Crippen LogP contribution in [0.4, 0.5) is 0 Å². The largest absolute Gasteiger partial charge is 0.491 e. The van der Waals surface area contributed by atoms with E-state index in [0.717, 1.165) is 38.1 Å². The molecular weight excluding hydrogens is 288 g/mol. The van der Waals surface area contributed by atoms with Crippen LogP contribution >= 0.6 is 12.4 Å². The summed E-state index contributed by atoms with van der Waals surface area (Å²) in [6.45, 7) is 2.66. The van der Waals surface area contributed by atoms with Crippen LogP contribution < -0.4 is 15.4 Å². The van der Waals surface area contributed by atoms with Crippen LogP contribution in [0.5, 0.6) is 5.75 Å². The van der Waals surface area contributed by atoms with E-state index in [1.165, 1.54) is 5.56 Å². The lowest BCUT2D eigenvalue weighted by Crippen LogP contribution is -2.43. The average Bonchev–Trinajstić information content (AvgIpc) is 2.48. The fraction of sp³-hybridized carbons (Fsp3) is 0.562. The standard InChI is InChI=1S/C16H22N2O2.ClH/c19-16(9-12-5-7-17-8-6-12)18-14-10-13-3-1-2-4-15(13)20-11-14;/h1-4,12,14,17H,5-11H2,(H,18,19);1H. The Morgan fingerprint density at radius 2 is 2.05 bits per heavy atom. The molecule has 1 saturated heterocycles. The van der Waals surface area contributed by atoms with Crippen LogP contribution in [0.25, 0.3) is 0 Å². The third kappa shape index (κ3) is 4.35. The van der Waals surface area contributed by atoms with Crippen molar-refractivity contribution in [2.45, 2.75) is 31.7 Å². The van der Waals surface area contributed by atoms with E-state index in [2.05, 4.69) is 16.7 Å². The molecule has 0 saturated carbocycles. The zero-order valence-corrected chi connectivity index (χ0v) is 13.0. The fourth-order valence-corrected chi connectivity index (χ4v) is 3.06. The Kier molecular flexibility index (Phi) is 5.88. The van der Waals surface area contributed by atoms with E-state index >= 15 is 0 Å². The van der Waals surface area contributed by atoms with E-state index in [-0.39, 0.29) is 24.4 Å². The van der Waals surface area contributed by atoms with Crippen molar-refractivity contribution in [1.82, 2.24) is 10.6 Å². The van der Waals surface area contributed by atoms with E-state index in [1.54, 1.807) is 0 Å². The number of benzene rings is 1. The molecule has 1 atom stereocenters. The summed E-state index contributed by atoms with van der Waals surface area (Å²) < 4.78 is 5.70. The van der Waals surface area contributed by atoms with Gasteiger partial charge in [-0.3, -0.25) is 4.79 Å². The van der Waals surface area contributed by atoms with Crippen molar-refractivity contribution in [2.75, 3.05) is 19.7 Å². The van der Waals surface area contributed by atoms with Crippen LogP contribution in [0.3, 0.4) is 0 Å². The highest BCUT2D eigenvalue weighted by Crippen LogP contribution is 2.24. The van der Waals surface area contributed by atoms with Crippen LogP contribution in [0.1, 0.15) is 24.8 Å². The summed E-state index contributed by atoms with van der Waals surface area (Å²) in [6.07, 6.45) is 3.74. The Bertz CT molecular complexity index is 475. The first-order valence-corrected chi connectivity index (χ1v) is 7.52. The van der Waals surface area contributed by atoms with Crippen molar-refractivity contribution in [1.29, 1.82) is 0 Å². The van der Waals surface area contributed by atoms with E-state index < -0.39 is 0 Å². The van der Waals surface area contributed by atoms with Gasteiger partial charge in [-0.2, -0.15) is 0 Å². The Morgan fingerprint density at radius 1 is 1.29 bits per heavy atom. The summed E-state index contributed by atoms with van der Waals surface area (Å²) in [7, 11) is 0. The van der Waals surface area contributed by atoms with Gasteiger partial charge in [-0.15, -0.1) is 12.4 Å². The third-order valence-corrected chi connectivity index (χ3v) is 4.18. The minimum Gasteiger partial charge on any atom is -0.491 e. The molecule has 1 fully saturated rings. The van der Waals surface area contributed by atoms with Gasteiger partial charge in [-0.1, -0.05) is 18.2 Å². The number of hydrogen-bond donors (Lipinski definition) is 2. The number of halogens is 1. The van der Waals surface area contributed by atoms with E-state index in [0.29, 0.717) is 18.9 Å². The summed E-state index contributed by atoms with van der Waals surface area (Å²) >= 11 is 0. The van der Waals surface area contributed by atoms with Gasteiger partial charge in [0.25, 0.3) is 0 Å². The number of carbonyl (C=O) groups excluding carboxylic acids is 1. The smallest absolute Gasteiger partial charge is 0.220 e. The number of rotatable bonds is 3. The maximum absolute atomic E-state index is 12.1. The highest BCUT2D eigenvalue weighted by molar-refractivity contribution is 5.85. The van der Waals surface area contributed by atoms with Crippen LogP contribution in [0.2, 0.25) is 0 Å². The Balaban J connectivity index is 0.00000161. The highest BCUT2D eigenvalue weighted by atomic mass is 35.5. The molecule has 1 aromatic carbocycles. The van der Waals surface area contributed by atoms with Gasteiger partial charge in [-0.05, 0) is 49.9 Å². The lowest BCUT2D eigenvalue weighted by molar-refractivity contribution is -0.123. The summed E-state index contributed by atoms with van der Waals surface area (Å²) in [4.78, 5) is 12.1. The molecule has 1 unspecified atom stereocenters. The van der Waals surface area contributed by atoms with Crippen LogP contribution in [0, 0.1) is 5.92 Å². The van der Waals surface area contributed by atoms with Crippen molar-refractivity contribution in [3.05, 3.63) is 29.8 Å². The van der Waals surface area contributed by atoms with Crippen LogP contribution in [-0.4, -0.2) is 31.6 Å². The molecular formula is C16H23ClN2O2. The van der Waals surface area contributed by atoms with E-state index in [1.807, 2.05) is 18.2 Å². The van der Waals surface area contributed by atoms with Gasteiger partial charge in [0.05, 0.1) is 6.04 Å². The van der Waals surface area contributed by atoms with Gasteiger partial charge in [0, 0.05) is 6.42 Å². The van der Waals surface area contributed by atoms with Gasteiger partial charge in [-0.25, -0.2) is 0 Å². The molecule has 5 heteroatoms. The monoisotopic (exact) mass is 310 g/mol. The second kappa shape index (κ2) is 7.66. The van der Waals surface area contributed by atoms with Crippen molar-refractivity contribution < 1.29 is 9.53 Å². The van der Waals surface area contributed by atoms with Crippen molar-refractivity contribution in [3.8, 4) is 5.75 Å². The number of amides is 1. The molecule has 116 valence electrons. The molecule has 2 heterocycles. The minimum absolute atomic E-state index is 0. The number of ether oxygens (including phenoxy) is 1. The number of nitrogens with one attached hydrogen (secondary N) is 2. The first-order valence-electron chi connectivity index (χ1n) is 7.52. The van der Waals surface area contributed by atoms with Gasteiger partial charge in [0.2, 0.25) is 5.91 Å². The molecule has 1 aromatic rings. The summed E-state index contributed by atoms with van der Waals surface area (Å²) in [5.41, 5.74) is 1.19. The number of piperidine rings is 1. The molecule has 0 spiro atoms. The molecule has 3 rings (SSSR count). The molecule has 0 aliphatic carbocycles. The Hall–Kier alpha value is -1.26. The van der Waals surface area contributed by atoms with Crippen molar-refractivity contribution >= 4 is 18.3 Å². The van der Waals surface area contributed by atoms with Crippen LogP contribution in [0.15, 0.2) is 24.3 Å². The van der Waals surface area contributed by atoms with Gasteiger partial charge < -0.3 is 15.4 Å². The summed E-state index contributed by atoms with van der Waals surface area (Å²) in [6, 6.07) is 8.16. The Morgan fingerprint density at radius 3 is 2.86 bits per heavy atom. The van der Waals surface area contributed by atoms with Gasteiger partial charge in [0.1, 0.15) is 12.4 Å². The zero-order chi connectivity index (χ0) is 13.8. The lowest BCUT2D eigenvalue weighted by Gasteiger charge is -2.27. The fourth-order valence-electron chi connectivity index (χ4n) is 3.06. The first-order chi connectivity index (χ1) is 9.81. The lowest BCUT2D eigenvalue weighted by atomic mass is 9.94. The van der Waals surface area contributed by atoms with Gasteiger partial charge >= 0.3 is 0 Å². The molecule has 2 aliphatic heterocycles. The molecule has 0 aromatic heterocycles. The first kappa shape index (κ1) is 16.1. The number of carbonyl (C=O) groups is 1. The second-order valence-corrected chi connectivity index (χ2v) is 5.78. The summed E-state index contributed by atoms with van der Waals surface area (Å²) in [5.74, 6) is 1.66. The van der Waals surface area contributed by atoms with Crippen LogP contribution in [-0.2, 0) is 11.2 Å².